The van der Waals surface area contributed by atoms with E-state index in [2.05, 4.69) is 15.9 Å². The van der Waals surface area contributed by atoms with Crippen LogP contribution in [0.15, 0.2) is 46.9 Å². The Morgan fingerprint density at radius 3 is 2.48 bits per heavy atom. The summed E-state index contributed by atoms with van der Waals surface area (Å²) in [6.07, 6.45) is 2.77. The molecule has 0 aromatic heterocycles. The number of carbonyl (C=O) groups is 1. The van der Waals surface area contributed by atoms with Crippen LogP contribution in [-0.2, 0) is 11.3 Å². The van der Waals surface area contributed by atoms with Gasteiger partial charge in [-0.2, -0.15) is 0 Å². The van der Waals surface area contributed by atoms with Crippen molar-refractivity contribution < 1.29 is 13.6 Å². The second-order valence-corrected chi connectivity index (χ2v) is 7.85. The van der Waals surface area contributed by atoms with Crippen molar-refractivity contribution in [1.29, 1.82) is 0 Å². The third-order valence-electron chi connectivity index (χ3n) is 5.03. The Morgan fingerprint density at radius 2 is 1.84 bits per heavy atom. The second-order valence-electron chi connectivity index (χ2n) is 6.93. The fraction of sp³-hybridized carbons (Fsp3) is 0.350. The lowest BCUT2D eigenvalue weighted by Gasteiger charge is -2.23. The van der Waals surface area contributed by atoms with Crippen molar-refractivity contribution in [2.45, 2.75) is 37.8 Å². The van der Waals surface area contributed by atoms with Crippen molar-refractivity contribution >= 4 is 21.8 Å². The van der Waals surface area contributed by atoms with E-state index in [0.29, 0.717) is 5.56 Å². The van der Waals surface area contributed by atoms with Crippen LogP contribution in [0.5, 0.6) is 0 Å². The van der Waals surface area contributed by atoms with Gasteiger partial charge in [-0.15, -0.1) is 0 Å². The molecular formula is C20H18BrF2NO. The number of benzene rings is 2. The molecule has 2 saturated carbocycles. The average Bonchev–Trinajstić information content (AvgIpc) is 3.47. The van der Waals surface area contributed by atoms with E-state index in [9.17, 15) is 13.6 Å². The Bertz CT molecular complexity index is 804. The summed E-state index contributed by atoms with van der Waals surface area (Å²) in [5, 5.41) is 0. The lowest BCUT2D eigenvalue weighted by atomic mass is 10.1. The zero-order chi connectivity index (χ0) is 17.6. The first kappa shape index (κ1) is 16.7. The zero-order valence-corrected chi connectivity index (χ0v) is 15.2. The Balaban J connectivity index is 1.48. The van der Waals surface area contributed by atoms with Crippen LogP contribution in [0, 0.1) is 17.6 Å². The van der Waals surface area contributed by atoms with E-state index in [1.165, 1.54) is 17.7 Å². The highest BCUT2D eigenvalue weighted by molar-refractivity contribution is 9.10. The molecule has 2 aliphatic rings. The monoisotopic (exact) mass is 405 g/mol. The van der Waals surface area contributed by atoms with Crippen LogP contribution >= 0.6 is 15.9 Å². The first-order valence-corrected chi connectivity index (χ1v) is 9.32. The minimum absolute atomic E-state index is 0.0229. The van der Waals surface area contributed by atoms with Crippen molar-refractivity contribution in [2.24, 2.45) is 5.92 Å². The van der Waals surface area contributed by atoms with Crippen LogP contribution in [0.3, 0.4) is 0 Å². The van der Waals surface area contributed by atoms with E-state index in [1.807, 2.05) is 24.3 Å². The van der Waals surface area contributed by atoms with E-state index in [-0.39, 0.29) is 30.3 Å². The number of nitrogens with zero attached hydrogens (tertiary/aromatic N) is 1. The number of hydrogen-bond acceptors (Lipinski definition) is 1. The Morgan fingerprint density at radius 1 is 1.12 bits per heavy atom. The molecule has 2 unspecified atom stereocenters. The molecule has 0 bridgehead atoms. The molecule has 2 nitrogen and oxygen atoms in total. The first-order valence-electron chi connectivity index (χ1n) is 8.53. The molecule has 2 fully saturated rings. The second kappa shape index (κ2) is 6.52. The Kier molecular flexibility index (Phi) is 4.36. The van der Waals surface area contributed by atoms with Gasteiger partial charge in [0.05, 0.1) is 0 Å². The third-order valence-corrected chi connectivity index (χ3v) is 5.56. The number of carbonyl (C=O) groups excluding carboxylic acids is 1. The van der Waals surface area contributed by atoms with Gasteiger partial charge in [0.15, 0.2) is 0 Å². The Hall–Kier alpha value is -1.75. The molecule has 25 heavy (non-hydrogen) atoms. The summed E-state index contributed by atoms with van der Waals surface area (Å²) in [5.41, 5.74) is 1.55. The predicted molar refractivity (Wildman–Crippen MR) is 94.9 cm³/mol. The maximum Gasteiger partial charge on any atom is 0.226 e. The van der Waals surface area contributed by atoms with Gasteiger partial charge in [0.25, 0.3) is 0 Å². The molecule has 0 saturated heterocycles. The number of halogens is 3. The fourth-order valence-electron chi connectivity index (χ4n) is 3.37. The molecule has 1 amide bonds. The highest BCUT2D eigenvalue weighted by Gasteiger charge is 2.48. The minimum atomic E-state index is -0.594. The van der Waals surface area contributed by atoms with E-state index in [4.69, 9.17) is 0 Å². The summed E-state index contributed by atoms with van der Waals surface area (Å²) < 4.78 is 28.1. The topological polar surface area (TPSA) is 20.3 Å². The molecule has 0 heterocycles. The smallest absolute Gasteiger partial charge is 0.226 e. The van der Waals surface area contributed by atoms with Gasteiger partial charge in [-0.1, -0.05) is 34.1 Å². The molecule has 2 atom stereocenters. The van der Waals surface area contributed by atoms with Gasteiger partial charge in [0.1, 0.15) is 11.6 Å². The average molecular weight is 406 g/mol. The maximum atomic E-state index is 14.0. The molecule has 0 spiro atoms. The van der Waals surface area contributed by atoms with Gasteiger partial charge in [-0.05, 0) is 48.9 Å². The van der Waals surface area contributed by atoms with Gasteiger partial charge in [0, 0.05) is 34.6 Å². The first-order chi connectivity index (χ1) is 12.0. The number of amides is 1. The normalized spacial score (nSPS) is 21.9. The van der Waals surface area contributed by atoms with Crippen LogP contribution in [0.2, 0.25) is 0 Å². The Labute approximate surface area is 154 Å². The van der Waals surface area contributed by atoms with Crippen molar-refractivity contribution in [2.75, 3.05) is 0 Å². The van der Waals surface area contributed by atoms with Gasteiger partial charge in [-0.25, -0.2) is 8.78 Å². The van der Waals surface area contributed by atoms with Crippen LogP contribution in [0.1, 0.15) is 36.3 Å². The molecule has 130 valence electrons. The highest BCUT2D eigenvalue weighted by Crippen LogP contribution is 2.49. The van der Waals surface area contributed by atoms with Gasteiger partial charge >= 0.3 is 0 Å². The van der Waals surface area contributed by atoms with Crippen molar-refractivity contribution in [3.05, 3.63) is 69.7 Å². The lowest BCUT2D eigenvalue weighted by molar-refractivity contribution is -0.133. The van der Waals surface area contributed by atoms with Crippen molar-refractivity contribution in [1.82, 2.24) is 4.90 Å². The molecule has 0 aliphatic heterocycles. The van der Waals surface area contributed by atoms with Crippen LogP contribution < -0.4 is 0 Å². The number of rotatable bonds is 5. The minimum Gasteiger partial charge on any atom is -0.335 e. The highest BCUT2D eigenvalue weighted by atomic mass is 79.9. The molecule has 2 aliphatic carbocycles. The quantitative estimate of drug-likeness (QED) is 0.683. The summed E-state index contributed by atoms with van der Waals surface area (Å²) in [6, 6.07) is 11.8. The van der Waals surface area contributed by atoms with Gasteiger partial charge < -0.3 is 4.90 Å². The summed E-state index contributed by atoms with van der Waals surface area (Å²) in [4.78, 5) is 14.7. The predicted octanol–water partition coefficient (Wildman–Crippen LogP) is 5.02. The van der Waals surface area contributed by atoms with E-state index in [1.54, 1.807) is 4.90 Å². The van der Waals surface area contributed by atoms with Gasteiger partial charge in [-0.3, -0.25) is 4.79 Å². The molecule has 4 rings (SSSR count). The molecule has 2 aromatic carbocycles. The molecule has 2 aromatic rings. The lowest BCUT2D eigenvalue weighted by Crippen LogP contribution is -2.34. The zero-order valence-electron chi connectivity index (χ0n) is 13.6. The summed E-state index contributed by atoms with van der Waals surface area (Å²) in [6.45, 7) is 0.221. The van der Waals surface area contributed by atoms with Crippen LogP contribution in [-0.4, -0.2) is 16.8 Å². The molecule has 0 radical (unpaired) electrons. The number of hydrogen-bond donors (Lipinski definition) is 0. The van der Waals surface area contributed by atoms with Crippen LogP contribution in [0.4, 0.5) is 8.78 Å². The van der Waals surface area contributed by atoms with Gasteiger partial charge in [0.2, 0.25) is 5.91 Å². The van der Waals surface area contributed by atoms with E-state index >= 15 is 0 Å². The largest absolute Gasteiger partial charge is 0.335 e. The van der Waals surface area contributed by atoms with E-state index < -0.39 is 11.6 Å². The fourth-order valence-corrected chi connectivity index (χ4v) is 3.63. The molecular weight excluding hydrogens is 388 g/mol. The summed E-state index contributed by atoms with van der Waals surface area (Å²) in [5.74, 6) is -0.855. The third kappa shape index (κ3) is 3.61. The van der Waals surface area contributed by atoms with Crippen molar-refractivity contribution in [3.8, 4) is 0 Å². The molecule has 0 N–H and O–H groups in total. The summed E-state index contributed by atoms with van der Waals surface area (Å²) >= 11 is 3.42. The van der Waals surface area contributed by atoms with Crippen molar-refractivity contribution in [3.63, 3.8) is 0 Å². The summed E-state index contributed by atoms with van der Waals surface area (Å²) in [7, 11) is 0. The standard InChI is InChI=1S/C20H18BrF2NO/c21-14-4-1-12(2-5-14)17-10-18(17)20(25)24(16-7-8-16)11-13-3-6-15(22)9-19(13)23/h1-6,9,16-18H,7-8,10-11H2. The SMILES string of the molecule is O=C(C1CC1c1ccc(Br)cc1)N(Cc1ccc(F)cc1F)C1CC1. The molecule has 5 heteroatoms. The van der Waals surface area contributed by atoms with E-state index in [0.717, 1.165) is 29.8 Å². The maximum absolute atomic E-state index is 14.0. The van der Waals surface area contributed by atoms with Crippen LogP contribution in [0.25, 0.3) is 0 Å².